The number of rotatable bonds is 5. The molecule has 0 spiro atoms. The van der Waals surface area contributed by atoms with Crippen molar-refractivity contribution in [2.45, 2.75) is 32.6 Å². The number of morpholine rings is 1. The van der Waals surface area contributed by atoms with E-state index in [0.29, 0.717) is 6.61 Å². The van der Waals surface area contributed by atoms with Gasteiger partial charge in [0.15, 0.2) is 0 Å². The third-order valence-corrected chi connectivity index (χ3v) is 4.10. The average molecular weight is 329 g/mol. The molecular weight excluding hydrogens is 305 g/mol. The summed E-state index contributed by atoms with van der Waals surface area (Å²) in [5.74, 6) is 0.713. The molecule has 24 heavy (non-hydrogen) atoms. The Bertz CT molecular complexity index is 674. The van der Waals surface area contributed by atoms with Gasteiger partial charge in [0.2, 0.25) is 0 Å². The number of hydrogen-bond donors (Lipinski definition) is 0. The van der Waals surface area contributed by atoms with Crippen LogP contribution in [0.2, 0.25) is 0 Å². The van der Waals surface area contributed by atoms with E-state index in [4.69, 9.17) is 9.47 Å². The Hall–Kier alpha value is -1.91. The normalized spacial score (nSPS) is 18.8. The summed E-state index contributed by atoms with van der Waals surface area (Å²) < 4.78 is 25.2. The highest BCUT2D eigenvalue weighted by atomic mass is 19.1. The van der Waals surface area contributed by atoms with E-state index in [0.717, 1.165) is 30.9 Å². The first kappa shape index (κ1) is 16.9. The molecule has 0 unspecified atom stereocenters. The number of nitrogens with zero attached hydrogens (tertiary/aromatic N) is 1. The molecule has 0 radical (unpaired) electrons. The number of halogens is 1. The van der Waals surface area contributed by atoms with Gasteiger partial charge in [0.05, 0.1) is 18.8 Å². The van der Waals surface area contributed by atoms with E-state index in [1.54, 1.807) is 12.1 Å². The Balaban J connectivity index is 1.70. The molecule has 0 bridgehead atoms. The Morgan fingerprint density at radius 3 is 2.83 bits per heavy atom. The van der Waals surface area contributed by atoms with E-state index in [-0.39, 0.29) is 18.0 Å². The fourth-order valence-electron chi connectivity index (χ4n) is 3.00. The summed E-state index contributed by atoms with van der Waals surface area (Å²) in [6.07, 6.45) is 0.0588. The summed E-state index contributed by atoms with van der Waals surface area (Å²) >= 11 is 0. The van der Waals surface area contributed by atoms with E-state index in [2.05, 4.69) is 11.0 Å². The summed E-state index contributed by atoms with van der Waals surface area (Å²) in [4.78, 5) is 2.33. The first-order chi connectivity index (χ1) is 11.6. The largest absolute Gasteiger partial charge is 0.491 e. The van der Waals surface area contributed by atoms with Crippen LogP contribution in [0.15, 0.2) is 48.5 Å². The van der Waals surface area contributed by atoms with E-state index < -0.39 is 0 Å². The van der Waals surface area contributed by atoms with Crippen molar-refractivity contribution in [2.75, 3.05) is 19.7 Å². The Kier molecular flexibility index (Phi) is 5.48. The van der Waals surface area contributed by atoms with Crippen molar-refractivity contribution in [1.82, 2.24) is 4.90 Å². The fraction of sp³-hybridized carbons (Fsp3) is 0.400. The van der Waals surface area contributed by atoms with Gasteiger partial charge in [-0.3, -0.25) is 4.90 Å². The molecule has 3 nitrogen and oxygen atoms in total. The van der Waals surface area contributed by atoms with Crippen LogP contribution in [0.1, 0.15) is 31.1 Å². The first-order valence-electron chi connectivity index (χ1n) is 8.46. The molecule has 2 aromatic carbocycles. The standard InChI is InChI=1S/C20H24FNO2/c1-15(2)24-19-9-4-3-6-17(19)13-22-10-11-23-20(14-22)16-7-5-8-18(21)12-16/h3-9,12,15,20H,10-11,13-14H2,1-2H3/t20-/m1/s1. The van der Waals surface area contributed by atoms with Crippen LogP contribution in [0.3, 0.4) is 0 Å². The van der Waals surface area contributed by atoms with Crippen molar-refractivity contribution in [3.63, 3.8) is 0 Å². The molecule has 1 aliphatic heterocycles. The molecule has 2 aromatic rings. The van der Waals surface area contributed by atoms with Gasteiger partial charge in [0, 0.05) is 25.2 Å². The van der Waals surface area contributed by atoms with E-state index in [1.807, 2.05) is 38.1 Å². The Labute approximate surface area is 143 Å². The zero-order chi connectivity index (χ0) is 16.9. The SMILES string of the molecule is CC(C)Oc1ccccc1CN1CCO[C@@H](c2cccc(F)c2)C1. The van der Waals surface area contributed by atoms with Gasteiger partial charge in [-0.25, -0.2) is 4.39 Å². The van der Waals surface area contributed by atoms with Crippen molar-refractivity contribution in [1.29, 1.82) is 0 Å². The minimum absolute atomic E-state index is 0.0902. The van der Waals surface area contributed by atoms with Crippen LogP contribution in [0.25, 0.3) is 0 Å². The molecular formula is C20H24FNO2. The number of ether oxygens (including phenoxy) is 2. The average Bonchev–Trinajstić information content (AvgIpc) is 2.56. The topological polar surface area (TPSA) is 21.7 Å². The second-order valence-corrected chi connectivity index (χ2v) is 6.42. The second kappa shape index (κ2) is 7.77. The third-order valence-electron chi connectivity index (χ3n) is 4.10. The predicted molar refractivity (Wildman–Crippen MR) is 92.6 cm³/mol. The van der Waals surface area contributed by atoms with Crippen LogP contribution in [0, 0.1) is 5.82 Å². The summed E-state index contributed by atoms with van der Waals surface area (Å²) in [7, 11) is 0. The van der Waals surface area contributed by atoms with Crippen LogP contribution in [0.4, 0.5) is 4.39 Å². The van der Waals surface area contributed by atoms with Crippen LogP contribution in [-0.4, -0.2) is 30.7 Å². The molecule has 0 N–H and O–H groups in total. The van der Waals surface area contributed by atoms with E-state index >= 15 is 0 Å². The summed E-state index contributed by atoms with van der Waals surface area (Å²) in [5, 5.41) is 0. The second-order valence-electron chi connectivity index (χ2n) is 6.42. The Morgan fingerprint density at radius 1 is 1.21 bits per heavy atom. The van der Waals surface area contributed by atoms with Gasteiger partial charge in [0.25, 0.3) is 0 Å². The van der Waals surface area contributed by atoms with Crippen molar-refractivity contribution >= 4 is 0 Å². The molecule has 0 aromatic heterocycles. The third kappa shape index (κ3) is 4.34. The highest BCUT2D eigenvalue weighted by Gasteiger charge is 2.23. The summed E-state index contributed by atoms with van der Waals surface area (Å²) in [6, 6.07) is 14.8. The predicted octanol–water partition coefficient (Wildman–Crippen LogP) is 4.19. The van der Waals surface area contributed by atoms with Gasteiger partial charge >= 0.3 is 0 Å². The molecule has 0 aliphatic carbocycles. The van der Waals surface area contributed by atoms with Gasteiger partial charge in [-0.1, -0.05) is 30.3 Å². The number of benzene rings is 2. The molecule has 128 valence electrons. The molecule has 0 amide bonds. The van der Waals surface area contributed by atoms with Crippen LogP contribution in [0.5, 0.6) is 5.75 Å². The molecule has 1 aliphatic rings. The van der Waals surface area contributed by atoms with E-state index in [1.165, 1.54) is 11.6 Å². The zero-order valence-corrected chi connectivity index (χ0v) is 14.2. The summed E-state index contributed by atoms with van der Waals surface area (Å²) in [5.41, 5.74) is 2.07. The highest BCUT2D eigenvalue weighted by molar-refractivity contribution is 5.33. The minimum Gasteiger partial charge on any atom is -0.491 e. The number of hydrogen-bond acceptors (Lipinski definition) is 3. The lowest BCUT2D eigenvalue weighted by Crippen LogP contribution is -2.38. The fourth-order valence-corrected chi connectivity index (χ4v) is 3.00. The van der Waals surface area contributed by atoms with Gasteiger partial charge < -0.3 is 9.47 Å². The van der Waals surface area contributed by atoms with E-state index in [9.17, 15) is 4.39 Å². The zero-order valence-electron chi connectivity index (χ0n) is 14.2. The lowest BCUT2D eigenvalue weighted by molar-refractivity contribution is -0.0333. The van der Waals surface area contributed by atoms with Crippen LogP contribution >= 0.6 is 0 Å². The monoisotopic (exact) mass is 329 g/mol. The van der Waals surface area contributed by atoms with Gasteiger partial charge in [-0.2, -0.15) is 0 Å². The molecule has 1 fully saturated rings. The van der Waals surface area contributed by atoms with Gasteiger partial charge in [0.1, 0.15) is 11.6 Å². The minimum atomic E-state index is -0.219. The lowest BCUT2D eigenvalue weighted by atomic mass is 10.1. The molecule has 1 heterocycles. The quantitative estimate of drug-likeness (QED) is 0.821. The first-order valence-corrected chi connectivity index (χ1v) is 8.46. The van der Waals surface area contributed by atoms with Crippen molar-refractivity contribution in [3.8, 4) is 5.75 Å². The highest BCUT2D eigenvalue weighted by Crippen LogP contribution is 2.26. The van der Waals surface area contributed by atoms with Crippen molar-refractivity contribution in [2.24, 2.45) is 0 Å². The maximum Gasteiger partial charge on any atom is 0.124 e. The van der Waals surface area contributed by atoms with Crippen molar-refractivity contribution < 1.29 is 13.9 Å². The number of para-hydroxylation sites is 1. The van der Waals surface area contributed by atoms with Gasteiger partial charge in [-0.15, -0.1) is 0 Å². The van der Waals surface area contributed by atoms with Crippen molar-refractivity contribution in [3.05, 3.63) is 65.5 Å². The summed E-state index contributed by atoms with van der Waals surface area (Å²) in [6.45, 7) is 7.13. The molecule has 1 saturated heterocycles. The lowest BCUT2D eigenvalue weighted by Gasteiger charge is -2.33. The maximum atomic E-state index is 13.5. The molecule has 0 saturated carbocycles. The Morgan fingerprint density at radius 2 is 2.04 bits per heavy atom. The molecule has 3 rings (SSSR count). The molecule has 1 atom stereocenters. The molecule has 4 heteroatoms. The maximum absolute atomic E-state index is 13.5. The van der Waals surface area contributed by atoms with Crippen LogP contribution < -0.4 is 4.74 Å². The van der Waals surface area contributed by atoms with Gasteiger partial charge in [-0.05, 0) is 37.6 Å². The smallest absolute Gasteiger partial charge is 0.124 e. The van der Waals surface area contributed by atoms with Crippen LogP contribution in [-0.2, 0) is 11.3 Å².